The highest BCUT2D eigenvalue weighted by molar-refractivity contribution is 9.10. The average Bonchev–Trinajstić information content (AvgIpc) is 2.81. The second kappa shape index (κ2) is 11.3. The first-order valence-electron chi connectivity index (χ1n) is 9.42. The van der Waals surface area contributed by atoms with Gasteiger partial charge in [-0.1, -0.05) is 42.5 Å². The topological polar surface area (TPSA) is 97.9 Å². The lowest BCUT2D eigenvalue weighted by atomic mass is 10.1. The van der Waals surface area contributed by atoms with E-state index in [4.69, 9.17) is 26.4 Å². The maximum atomic E-state index is 12.0. The Morgan fingerprint density at radius 1 is 0.844 bits per heavy atom. The monoisotopic (exact) mass is 517 g/mol. The van der Waals surface area contributed by atoms with Crippen molar-refractivity contribution in [2.75, 3.05) is 20.3 Å². The third kappa shape index (κ3) is 6.32. The number of halogens is 1. The highest BCUT2D eigenvalue weighted by Crippen LogP contribution is 2.32. The molecule has 0 fully saturated rings. The smallest absolute Gasteiger partial charge is 0.276 e. The number of carbonyl (C=O) groups is 2. The molecule has 0 unspecified atom stereocenters. The number of nitrogens with one attached hydrogen (secondary N) is 3. The molecule has 0 aliphatic carbocycles. The van der Waals surface area contributed by atoms with Crippen LogP contribution in [-0.2, 0) is 9.59 Å². The lowest BCUT2D eigenvalue weighted by Crippen LogP contribution is -2.50. The number of ether oxygens (including phenoxy) is 3. The highest BCUT2D eigenvalue weighted by Gasteiger charge is 2.11. The highest BCUT2D eigenvalue weighted by atomic mass is 79.9. The van der Waals surface area contributed by atoms with E-state index >= 15 is 0 Å². The fraction of sp³-hybridized carbons (Fsp3) is 0.136. The number of rotatable bonds is 7. The number of amides is 2. The van der Waals surface area contributed by atoms with Gasteiger partial charge in [-0.05, 0) is 57.1 Å². The molecule has 0 bridgehead atoms. The number of para-hydroxylation sites is 2. The van der Waals surface area contributed by atoms with E-state index in [1.54, 1.807) is 30.3 Å². The quantitative estimate of drug-likeness (QED) is 0.327. The van der Waals surface area contributed by atoms with Crippen LogP contribution in [0.5, 0.6) is 17.2 Å². The van der Waals surface area contributed by atoms with E-state index in [0.717, 1.165) is 15.2 Å². The van der Waals surface area contributed by atoms with Crippen molar-refractivity contribution >= 4 is 55.8 Å². The average molecular weight is 518 g/mol. The molecule has 0 spiro atoms. The predicted molar refractivity (Wildman–Crippen MR) is 128 cm³/mol. The van der Waals surface area contributed by atoms with E-state index in [1.807, 2.05) is 30.3 Å². The zero-order valence-corrected chi connectivity index (χ0v) is 19.4. The third-order valence-corrected chi connectivity index (χ3v) is 5.20. The van der Waals surface area contributed by atoms with E-state index < -0.39 is 11.8 Å². The van der Waals surface area contributed by atoms with Crippen molar-refractivity contribution in [2.24, 2.45) is 0 Å². The molecule has 10 heteroatoms. The van der Waals surface area contributed by atoms with Gasteiger partial charge in [0.05, 0.1) is 11.6 Å². The summed E-state index contributed by atoms with van der Waals surface area (Å²) in [6.07, 6.45) is 0. The van der Waals surface area contributed by atoms with Crippen molar-refractivity contribution < 1.29 is 23.8 Å². The molecule has 0 aromatic heterocycles. The summed E-state index contributed by atoms with van der Waals surface area (Å²) in [5.41, 5.74) is 4.80. The molecule has 0 radical (unpaired) electrons. The first-order chi connectivity index (χ1) is 15.5. The van der Waals surface area contributed by atoms with Gasteiger partial charge in [0.25, 0.3) is 11.8 Å². The van der Waals surface area contributed by atoms with Gasteiger partial charge in [0.2, 0.25) is 0 Å². The number of hydrogen-bond donors (Lipinski definition) is 3. The molecule has 8 nitrogen and oxygen atoms in total. The summed E-state index contributed by atoms with van der Waals surface area (Å²) in [4.78, 5) is 24.0. The number of fused-ring (bicyclic) bond motifs is 1. The van der Waals surface area contributed by atoms with Crippen molar-refractivity contribution in [2.45, 2.75) is 0 Å². The molecule has 0 aliphatic heterocycles. The first-order valence-corrected chi connectivity index (χ1v) is 10.6. The summed E-state index contributed by atoms with van der Waals surface area (Å²) in [7, 11) is 1.51. The first kappa shape index (κ1) is 23.3. The summed E-state index contributed by atoms with van der Waals surface area (Å²) in [6.45, 7) is -0.535. The second-order valence-electron chi connectivity index (χ2n) is 6.38. The van der Waals surface area contributed by atoms with Gasteiger partial charge in [0.15, 0.2) is 29.8 Å². The zero-order chi connectivity index (χ0) is 22.9. The van der Waals surface area contributed by atoms with Crippen LogP contribution in [0.25, 0.3) is 10.8 Å². The summed E-state index contributed by atoms with van der Waals surface area (Å²) >= 11 is 8.49. The Kier molecular flexibility index (Phi) is 8.23. The number of hydrazine groups is 1. The lowest BCUT2D eigenvalue weighted by molar-refractivity contribution is -0.124. The molecule has 3 N–H and O–H groups in total. The molecule has 0 atom stereocenters. The molecule has 32 heavy (non-hydrogen) atoms. The normalized spacial score (nSPS) is 10.2. The van der Waals surface area contributed by atoms with E-state index in [9.17, 15) is 9.59 Å². The van der Waals surface area contributed by atoms with Crippen LogP contribution in [0.1, 0.15) is 0 Å². The summed E-state index contributed by atoms with van der Waals surface area (Å²) < 4.78 is 16.9. The van der Waals surface area contributed by atoms with Crippen molar-refractivity contribution in [1.29, 1.82) is 0 Å². The molecule has 0 heterocycles. The summed E-state index contributed by atoms with van der Waals surface area (Å²) in [6, 6.07) is 18.4. The van der Waals surface area contributed by atoms with Crippen molar-refractivity contribution in [3.05, 3.63) is 65.1 Å². The van der Waals surface area contributed by atoms with Crippen LogP contribution in [0.4, 0.5) is 0 Å². The van der Waals surface area contributed by atoms with Gasteiger partial charge in [-0.2, -0.15) is 0 Å². The Balaban J connectivity index is 1.40. The Hall–Kier alpha value is -3.37. The van der Waals surface area contributed by atoms with Gasteiger partial charge in [-0.3, -0.25) is 25.8 Å². The fourth-order valence-electron chi connectivity index (χ4n) is 2.71. The van der Waals surface area contributed by atoms with Crippen LogP contribution >= 0.6 is 28.1 Å². The Bertz CT molecular complexity index is 1140. The van der Waals surface area contributed by atoms with Crippen molar-refractivity contribution in [3.63, 3.8) is 0 Å². The van der Waals surface area contributed by atoms with Gasteiger partial charge in [0, 0.05) is 0 Å². The SMILES string of the molecule is COc1ccccc1OCC(=O)NC(=S)NNC(=O)COc1ccc2ccccc2c1Br. The van der Waals surface area contributed by atoms with Crippen LogP contribution < -0.4 is 30.4 Å². The zero-order valence-electron chi connectivity index (χ0n) is 17.0. The molecule has 0 saturated carbocycles. The van der Waals surface area contributed by atoms with Crippen LogP contribution in [0.3, 0.4) is 0 Å². The van der Waals surface area contributed by atoms with Crippen molar-refractivity contribution in [1.82, 2.24) is 16.2 Å². The molecule has 0 aliphatic rings. The van der Waals surface area contributed by atoms with Gasteiger partial charge >= 0.3 is 0 Å². The maximum Gasteiger partial charge on any atom is 0.276 e. The van der Waals surface area contributed by atoms with Gasteiger partial charge in [-0.25, -0.2) is 0 Å². The standard InChI is InChI=1S/C22H20BrN3O5S/c1-29-16-8-4-5-9-17(16)30-12-19(27)24-22(32)26-25-20(28)13-31-18-11-10-14-6-2-3-7-15(14)21(18)23/h2-11H,12-13H2,1H3,(H,25,28)(H2,24,26,27,32). The van der Waals surface area contributed by atoms with Gasteiger partial charge in [0.1, 0.15) is 5.75 Å². The Morgan fingerprint density at radius 2 is 1.50 bits per heavy atom. The van der Waals surface area contributed by atoms with Crippen LogP contribution in [0.15, 0.2) is 65.1 Å². The van der Waals surface area contributed by atoms with E-state index in [2.05, 4.69) is 32.1 Å². The van der Waals surface area contributed by atoms with Crippen LogP contribution in [-0.4, -0.2) is 37.3 Å². The Labute approximate surface area is 198 Å². The molecule has 3 aromatic rings. The number of carbonyl (C=O) groups excluding carboxylic acids is 2. The van der Waals surface area contributed by atoms with E-state index in [0.29, 0.717) is 17.2 Å². The number of methoxy groups -OCH3 is 1. The Morgan fingerprint density at radius 3 is 2.28 bits per heavy atom. The summed E-state index contributed by atoms with van der Waals surface area (Å²) in [5, 5.41) is 4.34. The molecular formula is C22H20BrN3O5S. The second-order valence-corrected chi connectivity index (χ2v) is 7.58. The molecule has 2 amide bonds. The van der Waals surface area contributed by atoms with Crippen molar-refractivity contribution in [3.8, 4) is 17.2 Å². The molecular weight excluding hydrogens is 498 g/mol. The molecule has 0 saturated heterocycles. The summed E-state index contributed by atoms with van der Waals surface area (Å²) in [5.74, 6) is 0.481. The molecule has 3 aromatic carbocycles. The fourth-order valence-corrected chi connectivity index (χ4v) is 3.48. The number of hydrogen-bond acceptors (Lipinski definition) is 6. The molecule has 3 rings (SSSR count). The lowest BCUT2D eigenvalue weighted by Gasteiger charge is -2.13. The van der Waals surface area contributed by atoms with Crippen LogP contribution in [0, 0.1) is 0 Å². The van der Waals surface area contributed by atoms with Gasteiger partial charge < -0.3 is 14.2 Å². The minimum atomic E-state index is -0.501. The number of thiocarbonyl (C=S) groups is 1. The number of benzene rings is 3. The van der Waals surface area contributed by atoms with Gasteiger partial charge in [-0.15, -0.1) is 0 Å². The van der Waals surface area contributed by atoms with E-state index in [1.165, 1.54) is 7.11 Å². The largest absolute Gasteiger partial charge is 0.493 e. The minimum Gasteiger partial charge on any atom is -0.493 e. The minimum absolute atomic E-state index is 0.0844. The third-order valence-electron chi connectivity index (χ3n) is 4.18. The van der Waals surface area contributed by atoms with Crippen LogP contribution in [0.2, 0.25) is 0 Å². The van der Waals surface area contributed by atoms with E-state index in [-0.39, 0.29) is 18.3 Å². The maximum absolute atomic E-state index is 12.0. The predicted octanol–water partition coefficient (Wildman–Crippen LogP) is 3.09. The molecule has 166 valence electrons.